The van der Waals surface area contributed by atoms with Gasteiger partial charge in [0.05, 0.1) is 11.6 Å². The molecule has 0 aliphatic carbocycles. The molecule has 30 heavy (non-hydrogen) atoms. The zero-order chi connectivity index (χ0) is 21.3. The first-order chi connectivity index (χ1) is 14.6. The van der Waals surface area contributed by atoms with Crippen LogP contribution in [0.25, 0.3) is 0 Å². The minimum Gasteiger partial charge on any atom is -0.489 e. The van der Waals surface area contributed by atoms with Crippen molar-refractivity contribution < 1.29 is 14.3 Å². The summed E-state index contributed by atoms with van der Waals surface area (Å²) in [6.07, 6.45) is 5.19. The highest BCUT2D eigenvalue weighted by Gasteiger charge is 2.14. The number of rotatable bonds is 7. The van der Waals surface area contributed by atoms with E-state index in [1.165, 1.54) is 0 Å². The Morgan fingerprint density at radius 1 is 1.00 bits per heavy atom. The van der Waals surface area contributed by atoms with Gasteiger partial charge in [0.1, 0.15) is 24.7 Å². The Balaban J connectivity index is 1.67. The Labute approximate surface area is 176 Å². The van der Waals surface area contributed by atoms with Gasteiger partial charge in [0, 0.05) is 18.3 Å². The van der Waals surface area contributed by atoms with Crippen molar-refractivity contribution in [3.05, 3.63) is 89.5 Å². The molecular weight excluding hydrogens is 376 g/mol. The van der Waals surface area contributed by atoms with Gasteiger partial charge in [0.15, 0.2) is 0 Å². The van der Waals surface area contributed by atoms with Crippen LogP contribution in [0.4, 0.5) is 5.69 Å². The van der Waals surface area contributed by atoms with Crippen molar-refractivity contribution >= 4 is 11.6 Å². The maximum atomic E-state index is 12.9. The predicted molar refractivity (Wildman–Crippen MR) is 115 cm³/mol. The van der Waals surface area contributed by atoms with Gasteiger partial charge in [0.2, 0.25) is 0 Å². The summed E-state index contributed by atoms with van der Waals surface area (Å²) in [5.74, 6) is 3.53. The molecular formula is C25H20N2O3. The summed E-state index contributed by atoms with van der Waals surface area (Å²) < 4.78 is 11.1. The molecule has 0 spiro atoms. The lowest BCUT2D eigenvalue weighted by molar-refractivity contribution is 0.0993. The van der Waals surface area contributed by atoms with Gasteiger partial charge in [-0.15, -0.1) is 6.42 Å². The standard InChI is InChI=1S/C25H20N2O3/c1-3-14-29-23-12-10-22(11-13-23)27(2)25(28)21-8-4-7-20(15-21)18-30-24-9-5-6-19(16-24)17-26/h1,4-13,15-16H,14,18H2,2H3. The second-order valence-corrected chi connectivity index (χ2v) is 6.48. The Bertz CT molecular complexity index is 1110. The van der Waals surface area contributed by atoms with Crippen LogP contribution >= 0.6 is 0 Å². The lowest BCUT2D eigenvalue weighted by atomic mass is 10.1. The SMILES string of the molecule is C#CCOc1ccc(N(C)C(=O)c2cccc(COc3cccc(C#N)c3)c2)cc1. The molecule has 0 aromatic heterocycles. The number of benzene rings is 3. The fourth-order valence-electron chi connectivity index (χ4n) is 2.82. The molecule has 0 aliphatic rings. The van der Waals surface area contributed by atoms with Crippen molar-refractivity contribution in [1.29, 1.82) is 5.26 Å². The molecule has 0 unspecified atom stereocenters. The van der Waals surface area contributed by atoms with Crippen molar-refractivity contribution in [2.75, 3.05) is 18.6 Å². The Morgan fingerprint density at radius 2 is 1.77 bits per heavy atom. The lowest BCUT2D eigenvalue weighted by Crippen LogP contribution is -2.26. The van der Waals surface area contributed by atoms with Crippen molar-refractivity contribution in [2.24, 2.45) is 0 Å². The van der Waals surface area contributed by atoms with Crippen LogP contribution in [0.5, 0.6) is 11.5 Å². The number of hydrogen-bond acceptors (Lipinski definition) is 4. The molecule has 0 saturated carbocycles. The number of anilines is 1. The largest absolute Gasteiger partial charge is 0.489 e. The van der Waals surface area contributed by atoms with Gasteiger partial charge in [-0.3, -0.25) is 4.79 Å². The number of hydrogen-bond donors (Lipinski definition) is 0. The van der Waals surface area contributed by atoms with Crippen molar-refractivity contribution in [1.82, 2.24) is 0 Å². The fourth-order valence-corrected chi connectivity index (χ4v) is 2.82. The number of ether oxygens (including phenoxy) is 2. The van der Waals surface area contributed by atoms with Crippen LogP contribution < -0.4 is 14.4 Å². The minimum absolute atomic E-state index is 0.138. The molecule has 0 saturated heterocycles. The van der Waals surface area contributed by atoms with E-state index in [2.05, 4.69) is 12.0 Å². The van der Waals surface area contributed by atoms with E-state index >= 15 is 0 Å². The molecule has 0 radical (unpaired) electrons. The van der Waals surface area contributed by atoms with Gasteiger partial charge in [0.25, 0.3) is 5.91 Å². The Kier molecular flexibility index (Phi) is 6.71. The van der Waals surface area contributed by atoms with Crippen LogP contribution in [0.2, 0.25) is 0 Å². The maximum absolute atomic E-state index is 12.9. The van der Waals surface area contributed by atoms with Crippen LogP contribution in [-0.2, 0) is 6.61 Å². The quantitative estimate of drug-likeness (QED) is 0.555. The molecule has 3 aromatic carbocycles. The van der Waals surface area contributed by atoms with Gasteiger partial charge >= 0.3 is 0 Å². The summed E-state index contributed by atoms with van der Waals surface area (Å²) in [7, 11) is 1.72. The molecule has 0 atom stereocenters. The van der Waals surface area contributed by atoms with E-state index in [1.807, 2.05) is 12.1 Å². The molecule has 5 nitrogen and oxygen atoms in total. The van der Waals surface area contributed by atoms with E-state index in [1.54, 1.807) is 72.6 Å². The van der Waals surface area contributed by atoms with E-state index in [9.17, 15) is 4.79 Å². The number of carbonyl (C=O) groups is 1. The molecule has 148 valence electrons. The topological polar surface area (TPSA) is 62.6 Å². The lowest BCUT2D eigenvalue weighted by Gasteiger charge is -2.18. The average Bonchev–Trinajstić information content (AvgIpc) is 2.81. The maximum Gasteiger partial charge on any atom is 0.258 e. The summed E-state index contributed by atoms with van der Waals surface area (Å²) in [5.41, 5.74) is 2.68. The van der Waals surface area contributed by atoms with Crippen LogP contribution in [0, 0.1) is 23.7 Å². The second-order valence-electron chi connectivity index (χ2n) is 6.48. The highest BCUT2D eigenvalue weighted by molar-refractivity contribution is 6.05. The molecule has 0 fully saturated rings. The van der Waals surface area contributed by atoms with Crippen LogP contribution in [-0.4, -0.2) is 19.6 Å². The molecule has 3 aromatic rings. The minimum atomic E-state index is -0.138. The van der Waals surface area contributed by atoms with Crippen LogP contribution in [0.1, 0.15) is 21.5 Å². The summed E-state index contributed by atoms with van der Waals surface area (Å²) in [6, 6.07) is 23.5. The molecule has 0 bridgehead atoms. The van der Waals surface area contributed by atoms with Gasteiger partial charge in [-0.1, -0.05) is 24.1 Å². The van der Waals surface area contributed by atoms with E-state index < -0.39 is 0 Å². The fraction of sp³-hybridized carbons (Fsp3) is 0.120. The van der Waals surface area contributed by atoms with Crippen LogP contribution in [0.3, 0.4) is 0 Å². The summed E-state index contributed by atoms with van der Waals surface area (Å²) in [6.45, 7) is 0.491. The zero-order valence-corrected chi connectivity index (χ0v) is 16.5. The summed E-state index contributed by atoms with van der Waals surface area (Å²) >= 11 is 0. The highest BCUT2D eigenvalue weighted by Crippen LogP contribution is 2.21. The molecule has 0 heterocycles. The molecule has 3 rings (SSSR count). The molecule has 5 heteroatoms. The van der Waals surface area contributed by atoms with E-state index in [0.717, 1.165) is 11.3 Å². The first kappa shape index (κ1) is 20.5. The zero-order valence-electron chi connectivity index (χ0n) is 16.5. The van der Waals surface area contributed by atoms with Crippen LogP contribution in [0.15, 0.2) is 72.8 Å². The van der Waals surface area contributed by atoms with E-state index in [4.69, 9.17) is 21.2 Å². The smallest absolute Gasteiger partial charge is 0.258 e. The van der Waals surface area contributed by atoms with E-state index in [-0.39, 0.29) is 12.5 Å². The summed E-state index contributed by atoms with van der Waals surface area (Å²) in [5, 5.41) is 8.98. The molecule has 0 N–H and O–H groups in total. The van der Waals surface area contributed by atoms with Crippen molar-refractivity contribution in [2.45, 2.75) is 6.61 Å². The average molecular weight is 396 g/mol. The van der Waals surface area contributed by atoms with Gasteiger partial charge in [-0.2, -0.15) is 5.26 Å². The number of carbonyl (C=O) groups excluding carboxylic acids is 1. The van der Waals surface area contributed by atoms with E-state index in [0.29, 0.717) is 29.2 Å². The third kappa shape index (κ3) is 5.19. The normalized spacial score (nSPS) is 9.83. The molecule has 0 aliphatic heterocycles. The molecule has 1 amide bonds. The monoisotopic (exact) mass is 396 g/mol. The predicted octanol–water partition coefficient (Wildman–Crippen LogP) is 4.43. The first-order valence-electron chi connectivity index (χ1n) is 9.27. The van der Waals surface area contributed by atoms with Crippen molar-refractivity contribution in [3.63, 3.8) is 0 Å². The summed E-state index contributed by atoms with van der Waals surface area (Å²) in [4.78, 5) is 14.5. The van der Waals surface area contributed by atoms with Gasteiger partial charge < -0.3 is 14.4 Å². The third-order valence-electron chi connectivity index (χ3n) is 4.39. The van der Waals surface area contributed by atoms with Gasteiger partial charge in [-0.25, -0.2) is 0 Å². The van der Waals surface area contributed by atoms with Crippen molar-refractivity contribution in [3.8, 4) is 29.9 Å². The van der Waals surface area contributed by atoms with Gasteiger partial charge in [-0.05, 0) is 60.2 Å². The Morgan fingerprint density at radius 3 is 2.50 bits per heavy atom. The second kappa shape index (κ2) is 9.82. The number of nitrogens with zero attached hydrogens (tertiary/aromatic N) is 2. The first-order valence-corrected chi connectivity index (χ1v) is 9.27. The number of amides is 1. The third-order valence-corrected chi connectivity index (χ3v) is 4.39. The Hall–Kier alpha value is -4.22. The number of nitriles is 1. The highest BCUT2D eigenvalue weighted by atomic mass is 16.5. The number of terminal acetylenes is 1.